The highest BCUT2D eigenvalue weighted by atomic mass is 79.9. The molecular formula is C11H16BrNO4S2. The first-order valence-corrected chi connectivity index (χ1v) is 8.71. The minimum Gasteiger partial charge on any atom is -0.468 e. The van der Waals surface area contributed by atoms with Crippen molar-refractivity contribution < 1.29 is 17.9 Å². The van der Waals surface area contributed by atoms with Gasteiger partial charge in [0.05, 0.1) is 10.9 Å². The Balaban J connectivity index is 2.92. The van der Waals surface area contributed by atoms with Gasteiger partial charge in [0.1, 0.15) is 10.3 Å². The zero-order chi connectivity index (χ0) is 14.6. The van der Waals surface area contributed by atoms with Crippen LogP contribution in [0.2, 0.25) is 0 Å². The summed E-state index contributed by atoms with van der Waals surface area (Å²) in [5, 5.41) is 0. The molecule has 1 rings (SSSR count). The van der Waals surface area contributed by atoms with Crippen LogP contribution in [-0.4, -0.2) is 27.5 Å². The second-order valence-electron chi connectivity index (χ2n) is 4.39. The van der Waals surface area contributed by atoms with Gasteiger partial charge in [-0.2, -0.15) is 4.72 Å². The fraction of sp³-hybridized carbons (Fsp3) is 0.545. The van der Waals surface area contributed by atoms with Crippen molar-refractivity contribution in [2.45, 2.75) is 30.5 Å². The van der Waals surface area contributed by atoms with Crippen LogP contribution in [0.1, 0.15) is 20.3 Å². The van der Waals surface area contributed by atoms with E-state index in [-0.39, 0.29) is 10.1 Å². The van der Waals surface area contributed by atoms with Gasteiger partial charge in [-0.3, -0.25) is 4.79 Å². The minimum atomic E-state index is -3.70. The molecule has 0 aliphatic carbocycles. The third kappa shape index (κ3) is 4.87. The Morgan fingerprint density at radius 3 is 2.53 bits per heavy atom. The van der Waals surface area contributed by atoms with Crippen LogP contribution in [0.3, 0.4) is 0 Å². The third-order valence-electron chi connectivity index (χ3n) is 2.30. The number of hydrogen-bond acceptors (Lipinski definition) is 5. The van der Waals surface area contributed by atoms with Crippen LogP contribution in [0.15, 0.2) is 20.1 Å². The number of carbonyl (C=O) groups is 1. The van der Waals surface area contributed by atoms with Gasteiger partial charge in [-0.1, -0.05) is 13.8 Å². The van der Waals surface area contributed by atoms with Crippen molar-refractivity contribution in [1.82, 2.24) is 4.72 Å². The first-order chi connectivity index (χ1) is 8.76. The molecule has 0 bridgehead atoms. The van der Waals surface area contributed by atoms with Crippen LogP contribution in [0.5, 0.6) is 0 Å². The molecule has 1 aromatic heterocycles. The fourth-order valence-electron chi connectivity index (χ4n) is 1.49. The van der Waals surface area contributed by atoms with Crippen LogP contribution in [0.25, 0.3) is 0 Å². The monoisotopic (exact) mass is 369 g/mol. The highest BCUT2D eigenvalue weighted by Gasteiger charge is 2.27. The van der Waals surface area contributed by atoms with E-state index in [1.165, 1.54) is 13.2 Å². The molecule has 1 atom stereocenters. The number of ether oxygens (including phenoxy) is 1. The van der Waals surface area contributed by atoms with Gasteiger partial charge in [0.2, 0.25) is 0 Å². The number of hydrogen-bond donors (Lipinski definition) is 1. The highest BCUT2D eigenvalue weighted by Crippen LogP contribution is 2.26. The lowest BCUT2D eigenvalue weighted by Crippen LogP contribution is -2.42. The summed E-state index contributed by atoms with van der Waals surface area (Å²) in [6.45, 7) is 3.82. The summed E-state index contributed by atoms with van der Waals surface area (Å²) in [5.41, 5.74) is 0. The molecule has 0 fully saturated rings. The molecule has 0 saturated carbocycles. The van der Waals surface area contributed by atoms with Crippen molar-refractivity contribution in [3.63, 3.8) is 0 Å². The van der Waals surface area contributed by atoms with E-state index < -0.39 is 22.0 Å². The number of rotatable bonds is 6. The van der Waals surface area contributed by atoms with Crippen LogP contribution in [-0.2, 0) is 19.6 Å². The Labute approximate surface area is 125 Å². The lowest BCUT2D eigenvalue weighted by molar-refractivity contribution is -0.143. The van der Waals surface area contributed by atoms with Gasteiger partial charge in [-0.25, -0.2) is 8.42 Å². The molecule has 8 heteroatoms. The van der Waals surface area contributed by atoms with Crippen molar-refractivity contribution in [2.75, 3.05) is 7.11 Å². The molecule has 5 nitrogen and oxygen atoms in total. The average Bonchev–Trinajstić information content (AvgIpc) is 2.74. The molecule has 19 heavy (non-hydrogen) atoms. The molecule has 1 heterocycles. The van der Waals surface area contributed by atoms with E-state index >= 15 is 0 Å². The number of sulfonamides is 1. The normalized spacial score (nSPS) is 13.5. The fourth-order valence-corrected chi connectivity index (χ4v) is 4.72. The molecule has 0 aliphatic rings. The maximum Gasteiger partial charge on any atom is 0.323 e. The molecule has 0 radical (unpaired) electrons. The topological polar surface area (TPSA) is 72.5 Å². The number of carbonyl (C=O) groups excluding carboxylic acids is 1. The Bertz CT molecular complexity index is 539. The van der Waals surface area contributed by atoms with Crippen molar-refractivity contribution in [3.8, 4) is 0 Å². The Morgan fingerprint density at radius 1 is 1.47 bits per heavy atom. The standard InChI is InChI=1S/C11H16BrNO4S2/c1-7(2)6-8(11(14)17-3)13-19(15,16)10-5-4-9(12)18-10/h4-5,7-8,13H,6H2,1-3H3/t8-/m1/s1. The minimum absolute atomic E-state index is 0.164. The first-order valence-electron chi connectivity index (χ1n) is 5.61. The molecule has 1 aromatic rings. The van der Waals surface area contributed by atoms with E-state index in [2.05, 4.69) is 25.4 Å². The number of nitrogens with one attached hydrogen (secondary N) is 1. The van der Waals surface area contributed by atoms with E-state index in [1.807, 2.05) is 13.8 Å². The van der Waals surface area contributed by atoms with Gasteiger partial charge in [0, 0.05) is 0 Å². The van der Waals surface area contributed by atoms with Crippen molar-refractivity contribution in [1.29, 1.82) is 0 Å². The Hall–Kier alpha value is -0.440. The summed E-state index contributed by atoms with van der Waals surface area (Å²) < 4.78 is 32.2. The van der Waals surface area contributed by atoms with E-state index in [9.17, 15) is 13.2 Å². The zero-order valence-electron chi connectivity index (χ0n) is 10.8. The van der Waals surface area contributed by atoms with Gasteiger partial charge >= 0.3 is 5.97 Å². The second-order valence-corrected chi connectivity index (χ2v) is 8.79. The third-order valence-corrected chi connectivity index (χ3v) is 5.89. The lowest BCUT2D eigenvalue weighted by Gasteiger charge is -2.17. The van der Waals surface area contributed by atoms with Gasteiger partial charge in [-0.15, -0.1) is 11.3 Å². The summed E-state index contributed by atoms with van der Waals surface area (Å²) >= 11 is 4.30. The van der Waals surface area contributed by atoms with Gasteiger partial charge in [-0.05, 0) is 40.4 Å². The number of thiophene rings is 1. The second kappa shape index (κ2) is 6.83. The van der Waals surface area contributed by atoms with Crippen LogP contribution < -0.4 is 4.72 Å². The molecule has 0 aliphatic heterocycles. The van der Waals surface area contributed by atoms with Gasteiger partial charge in [0.25, 0.3) is 10.0 Å². The molecule has 0 spiro atoms. The molecular weight excluding hydrogens is 354 g/mol. The van der Waals surface area contributed by atoms with E-state index in [0.29, 0.717) is 10.2 Å². The quantitative estimate of drug-likeness (QED) is 0.781. The zero-order valence-corrected chi connectivity index (χ0v) is 14.1. The summed E-state index contributed by atoms with van der Waals surface area (Å²) in [4.78, 5) is 11.6. The molecule has 0 aromatic carbocycles. The molecule has 0 saturated heterocycles. The molecule has 0 amide bonds. The SMILES string of the molecule is COC(=O)[C@@H](CC(C)C)NS(=O)(=O)c1ccc(Br)s1. The number of methoxy groups -OCH3 is 1. The molecule has 0 unspecified atom stereocenters. The predicted molar refractivity (Wildman–Crippen MR) is 77.6 cm³/mol. The Morgan fingerprint density at radius 2 is 2.11 bits per heavy atom. The predicted octanol–water partition coefficient (Wildman–Crippen LogP) is 2.38. The largest absolute Gasteiger partial charge is 0.468 e. The van der Waals surface area contributed by atoms with E-state index in [4.69, 9.17) is 0 Å². The van der Waals surface area contributed by atoms with Crippen molar-refractivity contribution in [3.05, 3.63) is 15.9 Å². The molecule has 1 N–H and O–H groups in total. The molecule has 108 valence electrons. The van der Waals surface area contributed by atoms with Gasteiger partial charge in [0.15, 0.2) is 0 Å². The highest BCUT2D eigenvalue weighted by molar-refractivity contribution is 9.11. The van der Waals surface area contributed by atoms with E-state index in [1.54, 1.807) is 6.07 Å². The van der Waals surface area contributed by atoms with Crippen LogP contribution >= 0.6 is 27.3 Å². The van der Waals surface area contributed by atoms with Crippen molar-refractivity contribution >= 4 is 43.3 Å². The maximum absolute atomic E-state index is 12.1. The smallest absolute Gasteiger partial charge is 0.323 e. The number of halogens is 1. The van der Waals surface area contributed by atoms with Crippen LogP contribution in [0.4, 0.5) is 0 Å². The van der Waals surface area contributed by atoms with Crippen molar-refractivity contribution in [2.24, 2.45) is 5.92 Å². The van der Waals surface area contributed by atoms with Crippen LogP contribution in [0, 0.1) is 5.92 Å². The van der Waals surface area contributed by atoms with Gasteiger partial charge < -0.3 is 4.74 Å². The maximum atomic E-state index is 12.1. The first kappa shape index (κ1) is 16.6. The Kier molecular flexibility index (Phi) is 5.97. The summed E-state index contributed by atoms with van der Waals surface area (Å²) in [6, 6.07) is 2.27. The number of esters is 1. The average molecular weight is 370 g/mol. The lowest BCUT2D eigenvalue weighted by atomic mass is 10.1. The summed E-state index contributed by atoms with van der Waals surface area (Å²) in [7, 11) is -2.46. The van der Waals surface area contributed by atoms with E-state index in [0.717, 1.165) is 11.3 Å². The summed E-state index contributed by atoms with van der Waals surface area (Å²) in [5.74, 6) is -0.408. The summed E-state index contributed by atoms with van der Waals surface area (Å²) in [6.07, 6.45) is 0.387.